The predicted molar refractivity (Wildman–Crippen MR) is 79.3 cm³/mol. The molecule has 116 valence electrons. The van der Waals surface area contributed by atoms with Crippen LogP contribution in [0.5, 0.6) is 0 Å². The van der Waals surface area contributed by atoms with Gasteiger partial charge in [-0.25, -0.2) is 0 Å². The van der Waals surface area contributed by atoms with E-state index in [0.29, 0.717) is 18.0 Å². The quantitative estimate of drug-likeness (QED) is 0.847. The summed E-state index contributed by atoms with van der Waals surface area (Å²) in [5.41, 5.74) is -0.501. The first-order chi connectivity index (χ1) is 9.91. The van der Waals surface area contributed by atoms with E-state index in [-0.39, 0.29) is 31.1 Å². The summed E-state index contributed by atoms with van der Waals surface area (Å²) in [6.07, 6.45) is -0.384. The van der Waals surface area contributed by atoms with Gasteiger partial charge >= 0.3 is 0 Å². The Morgan fingerprint density at radius 3 is 2.95 bits per heavy atom. The highest BCUT2D eigenvalue weighted by Crippen LogP contribution is 2.20. The maximum absolute atomic E-state index is 12.2. The lowest BCUT2D eigenvalue weighted by molar-refractivity contribution is -0.166. The van der Waals surface area contributed by atoms with Crippen molar-refractivity contribution in [2.45, 2.75) is 25.6 Å². The van der Waals surface area contributed by atoms with Gasteiger partial charge in [-0.15, -0.1) is 11.3 Å². The van der Waals surface area contributed by atoms with Gasteiger partial charge in [0.1, 0.15) is 0 Å². The van der Waals surface area contributed by atoms with Gasteiger partial charge in [0.2, 0.25) is 5.91 Å². The van der Waals surface area contributed by atoms with E-state index in [2.05, 4.69) is 5.32 Å². The Morgan fingerprint density at radius 1 is 1.57 bits per heavy atom. The second-order valence-electron chi connectivity index (χ2n) is 5.62. The van der Waals surface area contributed by atoms with Crippen LogP contribution in [0.3, 0.4) is 0 Å². The largest absolute Gasteiger partial charge is 0.394 e. The van der Waals surface area contributed by atoms with Gasteiger partial charge in [-0.2, -0.15) is 0 Å². The molecule has 1 fully saturated rings. The molecule has 21 heavy (non-hydrogen) atoms. The number of aliphatic hydroxyl groups excluding tert-OH is 1. The average molecular weight is 312 g/mol. The molecule has 0 aromatic carbocycles. The van der Waals surface area contributed by atoms with Crippen LogP contribution in [0.15, 0.2) is 17.5 Å². The fraction of sp³-hybridized carbons (Fsp3) is 0.571. The number of carbonyl (C=O) groups is 2. The minimum atomic E-state index is -0.501. The molecule has 2 N–H and O–H groups in total. The Morgan fingerprint density at radius 2 is 2.33 bits per heavy atom. The summed E-state index contributed by atoms with van der Waals surface area (Å²) >= 11 is 1.33. The number of hydrogen-bond acceptors (Lipinski definition) is 5. The van der Waals surface area contributed by atoms with Crippen molar-refractivity contribution in [1.29, 1.82) is 0 Å². The molecule has 0 saturated carbocycles. The van der Waals surface area contributed by atoms with E-state index in [1.54, 1.807) is 17.0 Å². The Bertz CT molecular complexity index is 501. The van der Waals surface area contributed by atoms with Gasteiger partial charge in [0.15, 0.2) is 0 Å². The van der Waals surface area contributed by atoms with Gasteiger partial charge in [0, 0.05) is 13.1 Å². The summed E-state index contributed by atoms with van der Waals surface area (Å²) in [4.78, 5) is 26.2. The summed E-state index contributed by atoms with van der Waals surface area (Å²) in [7, 11) is 0. The number of nitrogens with one attached hydrogen (secondary N) is 1. The maximum Gasteiger partial charge on any atom is 0.261 e. The van der Waals surface area contributed by atoms with Crippen LogP contribution in [0.1, 0.15) is 23.5 Å². The number of aliphatic hydroxyl groups is 1. The zero-order valence-electron chi connectivity index (χ0n) is 12.2. The van der Waals surface area contributed by atoms with E-state index in [0.717, 1.165) is 0 Å². The van der Waals surface area contributed by atoms with Gasteiger partial charge < -0.3 is 20.1 Å². The molecule has 2 heterocycles. The minimum Gasteiger partial charge on any atom is -0.394 e. The fourth-order valence-electron chi connectivity index (χ4n) is 2.34. The molecule has 7 heteroatoms. The first kappa shape index (κ1) is 15.9. The van der Waals surface area contributed by atoms with Crippen molar-refractivity contribution in [1.82, 2.24) is 10.2 Å². The Kier molecular flexibility index (Phi) is 4.97. The maximum atomic E-state index is 12.2. The molecule has 6 nitrogen and oxygen atoms in total. The van der Waals surface area contributed by atoms with Crippen LogP contribution < -0.4 is 5.32 Å². The monoisotopic (exact) mass is 312 g/mol. The van der Waals surface area contributed by atoms with E-state index < -0.39 is 5.60 Å². The summed E-state index contributed by atoms with van der Waals surface area (Å²) in [6.45, 7) is 4.35. The van der Waals surface area contributed by atoms with Gasteiger partial charge in [-0.3, -0.25) is 9.59 Å². The van der Waals surface area contributed by atoms with E-state index in [1.165, 1.54) is 11.3 Å². The average Bonchev–Trinajstić information content (AvgIpc) is 2.96. The van der Waals surface area contributed by atoms with Crippen molar-refractivity contribution in [2.75, 3.05) is 26.2 Å². The molecule has 1 aliphatic rings. The molecule has 1 saturated heterocycles. The van der Waals surface area contributed by atoms with Crippen LogP contribution in [-0.2, 0) is 9.53 Å². The Balaban J connectivity index is 1.89. The lowest BCUT2D eigenvalue weighted by Gasteiger charge is -2.42. The molecule has 1 aliphatic heterocycles. The molecule has 1 unspecified atom stereocenters. The highest BCUT2D eigenvalue weighted by Gasteiger charge is 2.35. The molecule has 2 rings (SSSR count). The van der Waals surface area contributed by atoms with Crippen molar-refractivity contribution in [2.24, 2.45) is 0 Å². The van der Waals surface area contributed by atoms with Crippen molar-refractivity contribution < 1.29 is 19.4 Å². The molecule has 0 spiro atoms. The van der Waals surface area contributed by atoms with E-state index in [1.807, 2.05) is 19.2 Å². The Hall–Kier alpha value is -1.44. The molecule has 0 bridgehead atoms. The highest BCUT2D eigenvalue weighted by molar-refractivity contribution is 7.12. The SMILES string of the molecule is CC1(C)CN(C(=O)CNC(=O)c2cccs2)CC(CO)O1. The molecular weight excluding hydrogens is 292 g/mol. The van der Waals surface area contributed by atoms with Crippen LogP contribution in [0.4, 0.5) is 0 Å². The Labute approximate surface area is 127 Å². The first-order valence-corrected chi connectivity index (χ1v) is 7.67. The van der Waals surface area contributed by atoms with Gasteiger partial charge in [-0.1, -0.05) is 6.07 Å². The lowest BCUT2D eigenvalue weighted by Crippen LogP contribution is -2.57. The van der Waals surface area contributed by atoms with Gasteiger partial charge in [-0.05, 0) is 25.3 Å². The molecular formula is C14H20N2O4S. The summed E-state index contributed by atoms with van der Waals surface area (Å²) in [6, 6.07) is 3.50. The number of thiophene rings is 1. The number of rotatable bonds is 4. The van der Waals surface area contributed by atoms with Crippen LogP contribution in [0, 0.1) is 0 Å². The third-order valence-electron chi connectivity index (χ3n) is 3.18. The zero-order chi connectivity index (χ0) is 15.5. The number of amides is 2. The highest BCUT2D eigenvalue weighted by atomic mass is 32.1. The van der Waals surface area contributed by atoms with Crippen LogP contribution >= 0.6 is 11.3 Å². The number of ether oxygens (including phenoxy) is 1. The smallest absolute Gasteiger partial charge is 0.261 e. The second kappa shape index (κ2) is 6.55. The van der Waals surface area contributed by atoms with Crippen molar-refractivity contribution in [3.8, 4) is 0 Å². The van der Waals surface area contributed by atoms with Crippen molar-refractivity contribution in [3.63, 3.8) is 0 Å². The molecule has 1 aromatic rings. The predicted octanol–water partition coefficient (Wildman–Crippen LogP) is 0.476. The normalized spacial score (nSPS) is 21.1. The third-order valence-corrected chi connectivity index (χ3v) is 4.05. The fourth-order valence-corrected chi connectivity index (χ4v) is 2.98. The zero-order valence-corrected chi connectivity index (χ0v) is 13.0. The molecule has 0 radical (unpaired) electrons. The van der Waals surface area contributed by atoms with Crippen molar-refractivity contribution >= 4 is 23.2 Å². The summed E-state index contributed by atoms with van der Waals surface area (Å²) in [5, 5.41) is 13.7. The number of carbonyl (C=O) groups excluding carboxylic acids is 2. The molecule has 1 atom stereocenters. The molecule has 1 aromatic heterocycles. The van der Waals surface area contributed by atoms with Gasteiger partial charge in [0.25, 0.3) is 5.91 Å². The number of hydrogen-bond donors (Lipinski definition) is 2. The van der Waals surface area contributed by atoms with E-state index in [9.17, 15) is 14.7 Å². The minimum absolute atomic E-state index is 0.0506. The topological polar surface area (TPSA) is 78.9 Å². The summed E-state index contributed by atoms with van der Waals surface area (Å²) < 4.78 is 5.66. The second-order valence-corrected chi connectivity index (χ2v) is 6.56. The number of morpholine rings is 1. The van der Waals surface area contributed by atoms with E-state index in [4.69, 9.17) is 4.74 Å². The lowest BCUT2D eigenvalue weighted by atomic mass is 10.1. The van der Waals surface area contributed by atoms with E-state index >= 15 is 0 Å². The van der Waals surface area contributed by atoms with Crippen molar-refractivity contribution in [3.05, 3.63) is 22.4 Å². The number of nitrogens with zero attached hydrogens (tertiary/aromatic N) is 1. The molecule has 0 aliphatic carbocycles. The van der Waals surface area contributed by atoms with Crippen LogP contribution in [0.25, 0.3) is 0 Å². The first-order valence-electron chi connectivity index (χ1n) is 6.79. The summed E-state index contributed by atoms with van der Waals surface area (Å²) in [5.74, 6) is -0.417. The third kappa shape index (κ3) is 4.26. The van der Waals surface area contributed by atoms with Crippen LogP contribution in [0.2, 0.25) is 0 Å². The standard InChI is InChI=1S/C14H20N2O4S/c1-14(2)9-16(7-10(8-17)20-14)12(18)6-15-13(19)11-4-3-5-21-11/h3-5,10,17H,6-9H2,1-2H3,(H,15,19). The van der Waals surface area contributed by atoms with Crippen LogP contribution in [-0.4, -0.2) is 59.8 Å². The van der Waals surface area contributed by atoms with Gasteiger partial charge in [0.05, 0.1) is 29.7 Å². The molecule has 2 amide bonds.